The topological polar surface area (TPSA) is 41.9 Å². The standard InChI is InChI=1S/C16H16F2N2O2/c17-16(18)22-13-7-4-3-6-11(13)10-12-15(21)20-9-5-1-2-8-14(20)19-12/h3-4,6-7,10,16H,1-2,5,8-9H2/b12-10-. The maximum absolute atomic E-state index is 12.4. The molecule has 1 fully saturated rings. The number of halogens is 2. The lowest BCUT2D eigenvalue weighted by Gasteiger charge is -2.14. The highest BCUT2D eigenvalue weighted by molar-refractivity contribution is 6.14. The summed E-state index contributed by atoms with van der Waals surface area (Å²) in [6.07, 6.45) is 5.36. The third-order valence-electron chi connectivity index (χ3n) is 3.73. The molecule has 0 aromatic heterocycles. The Kier molecular flexibility index (Phi) is 4.18. The number of carbonyl (C=O) groups excluding carboxylic acids is 1. The number of hydrogen-bond acceptors (Lipinski definition) is 3. The number of ether oxygens (including phenoxy) is 1. The Morgan fingerprint density at radius 3 is 2.86 bits per heavy atom. The SMILES string of the molecule is O=C1/C(=C/c2ccccc2OC(F)F)N=C2CCCCCN12. The zero-order valence-electron chi connectivity index (χ0n) is 12.0. The van der Waals surface area contributed by atoms with Crippen molar-refractivity contribution in [3.05, 3.63) is 35.5 Å². The number of hydrogen-bond donors (Lipinski definition) is 0. The van der Waals surface area contributed by atoms with Gasteiger partial charge in [-0.3, -0.25) is 9.69 Å². The average Bonchev–Trinajstić information content (AvgIpc) is 2.66. The number of amides is 1. The maximum atomic E-state index is 12.4. The van der Waals surface area contributed by atoms with E-state index in [1.165, 1.54) is 12.1 Å². The molecule has 1 aromatic carbocycles. The van der Waals surface area contributed by atoms with Crippen molar-refractivity contribution >= 4 is 17.8 Å². The van der Waals surface area contributed by atoms with Crippen molar-refractivity contribution in [3.8, 4) is 5.75 Å². The van der Waals surface area contributed by atoms with E-state index < -0.39 is 6.61 Å². The molecule has 1 amide bonds. The van der Waals surface area contributed by atoms with Gasteiger partial charge in [0.1, 0.15) is 17.3 Å². The van der Waals surface area contributed by atoms with E-state index in [0.29, 0.717) is 12.1 Å². The van der Waals surface area contributed by atoms with Gasteiger partial charge in [-0.25, -0.2) is 4.99 Å². The summed E-state index contributed by atoms with van der Waals surface area (Å²) in [5.41, 5.74) is 0.704. The first-order valence-electron chi connectivity index (χ1n) is 7.30. The molecule has 1 saturated heterocycles. The van der Waals surface area contributed by atoms with Gasteiger partial charge in [0, 0.05) is 18.5 Å². The van der Waals surface area contributed by atoms with E-state index >= 15 is 0 Å². The van der Waals surface area contributed by atoms with E-state index in [1.807, 2.05) is 0 Å². The van der Waals surface area contributed by atoms with Crippen LogP contribution in [-0.2, 0) is 4.79 Å². The molecule has 2 heterocycles. The second kappa shape index (κ2) is 6.25. The van der Waals surface area contributed by atoms with Crippen LogP contribution in [0.2, 0.25) is 0 Å². The monoisotopic (exact) mass is 306 g/mol. The molecule has 0 spiro atoms. The molecule has 2 aliphatic rings. The molecule has 0 saturated carbocycles. The number of rotatable bonds is 3. The van der Waals surface area contributed by atoms with Crippen LogP contribution in [0.3, 0.4) is 0 Å². The van der Waals surface area contributed by atoms with Crippen LogP contribution in [-0.4, -0.2) is 29.8 Å². The molecule has 116 valence electrons. The number of carbonyl (C=O) groups is 1. The van der Waals surface area contributed by atoms with Crippen LogP contribution < -0.4 is 4.74 Å². The van der Waals surface area contributed by atoms with Crippen LogP contribution in [0.25, 0.3) is 6.08 Å². The lowest BCUT2D eigenvalue weighted by Crippen LogP contribution is -2.31. The van der Waals surface area contributed by atoms with Crippen LogP contribution in [0.5, 0.6) is 5.75 Å². The predicted octanol–water partition coefficient (Wildman–Crippen LogP) is 3.44. The molecule has 0 bridgehead atoms. The first-order valence-corrected chi connectivity index (χ1v) is 7.30. The lowest BCUT2D eigenvalue weighted by atomic mass is 10.1. The summed E-state index contributed by atoms with van der Waals surface area (Å²) in [4.78, 5) is 18.5. The third kappa shape index (κ3) is 3.00. The summed E-state index contributed by atoms with van der Waals surface area (Å²) in [6, 6.07) is 6.39. The molecule has 6 heteroatoms. The van der Waals surface area contributed by atoms with Crippen molar-refractivity contribution in [3.63, 3.8) is 0 Å². The molecule has 0 N–H and O–H groups in total. The fraction of sp³-hybridized carbons (Fsp3) is 0.375. The van der Waals surface area contributed by atoms with Crippen molar-refractivity contribution in [2.75, 3.05) is 6.54 Å². The minimum Gasteiger partial charge on any atom is -0.434 e. The number of fused-ring (bicyclic) bond motifs is 1. The molecule has 4 nitrogen and oxygen atoms in total. The van der Waals surface area contributed by atoms with Crippen molar-refractivity contribution in [2.45, 2.75) is 32.3 Å². The van der Waals surface area contributed by atoms with Gasteiger partial charge in [0.05, 0.1) is 0 Å². The van der Waals surface area contributed by atoms with Crippen molar-refractivity contribution in [1.29, 1.82) is 0 Å². The number of aliphatic imine (C=N–C) groups is 1. The predicted molar refractivity (Wildman–Crippen MR) is 78.7 cm³/mol. The first kappa shape index (κ1) is 14.7. The van der Waals surface area contributed by atoms with Gasteiger partial charge in [0.2, 0.25) is 0 Å². The quantitative estimate of drug-likeness (QED) is 0.803. The normalized spacial score (nSPS) is 20.1. The first-order chi connectivity index (χ1) is 10.6. The van der Waals surface area contributed by atoms with Crippen LogP contribution >= 0.6 is 0 Å². The van der Waals surface area contributed by atoms with Crippen LogP contribution in [0.1, 0.15) is 31.2 Å². The fourth-order valence-electron chi connectivity index (χ4n) is 2.70. The highest BCUT2D eigenvalue weighted by Gasteiger charge is 2.30. The molecule has 2 aliphatic heterocycles. The maximum Gasteiger partial charge on any atom is 0.387 e. The molecular formula is C16H16F2N2O2. The van der Waals surface area contributed by atoms with Gasteiger partial charge in [-0.2, -0.15) is 8.78 Å². The van der Waals surface area contributed by atoms with E-state index in [0.717, 1.165) is 31.5 Å². The minimum absolute atomic E-state index is 0.0418. The molecule has 22 heavy (non-hydrogen) atoms. The van der Waals surface area contributed by atoms with Gasteiger partial charge >= 0.3 is 6.61 Å². The second-order valence-electron chi connectivity index (χ2n) is 5.24. The second-order valence-corrected chi connectivity index (χ2v) is 5.24. The largest absolute Gasteiger partial charge is 0.434 e. The molecule has 1 aromatic rings. The van der Waals surface area contributed by atoms with E-state index in [4.69, 9.17) is 0 Å². The summed E-state index contributed by atoms with van der Waals surface area (Å²) in [5, 5.41) is 0. The Hall–Kier alpha value is -2.24. The average molecular weight is 306 g/mol. The Bertz CT molecular complexity index is 641. The lowest BCUT2D eigenvalue weighted by molar-refractivity contribution is -0.122. The zero-order valence-corrected chi connectivity index (χ0v) is 12.0. The smallest absolute Gasteiger partial charge is 0.387 e. The van der Waals surface area contributed by atoms with Gasteiger partial charge in [0.25, 0.3) is 5.91 Å². The van der Waals surface area contributed by atoms with Gasteiger partial charge in [0.15, 0.2) is 0 Å². The Labute approximate surface area is 127 Å². The molecule has 0 atom stereocenters. The number of nitrogens with zero attached hydrogens (tertiary/aromatic N) is 2. The van der Waals surface area contributed by atoms with Gasteiger partial charge in [-0.15, -0.1) is 0 Å². The van der Waals surface area contributed by atoms with Crippen LogP contribution in [0.4, 0.5) is 8.78 Å². The zero-order chi connectivity index (χ0) is 15.5. The van der Waals surface area contributed by atoms with E-state index in [-0.39, 0.29) is 17.4 Å². The van der Waals surface area contributed by atoms with Gasteiger partial charge in [-0.1, -0.05) is 24.6 Å². The minimum atomic E-state index is -2.90. The Balaban J connectivity index is 1.91. The summed E-state index contributed by atoms with van der Waals surface area (Å²) >= 11 is 0. The number of alkyl halides is 2. The summed E-state index contributed by atoms with van der Waals surface area (Å²) in [5.74, 6) is 0.657. The number of para-hydroxylation sites is 1. The molecule has 0 radical (unpaired) electrons. The van der Waals surface area contributed by atoms with Crippen molar-refractivity contribution in [1.82, 2.24) is 4.90 Å². The fourth-order valence-corrected chi connectivity index (χ4v) is 2.70. The number of amidine groups is 1. The number of benzene rings is 1. The summed E-state index contributed by atoms with van der Waals surface area (Å²) in [6.45, 7) is -2.23. The van der Waals surface area contributed by atoms with Crippen LogP contribution in [0.15, 0.2) is 35.0 Å². The van der Waals surface area contributed by atoms with Crippen molar-refractivity contribution < 1.29 is 18.3 Å². The summed E-state index contributed by atoms with van der Waals surface area (Å²) in [7, 11) is 0. The van der Waals surface area contributed by atoms with Crippen LogP contribution in [0, 0.1) is 0 Å². The highest BCUT2D eigenvalue weighted by atomic mass is 19.3. The van der Waals surface area contributed by atoms with Gasteiger partial charge in [-0.05, 0) is 25.0 Å². The highest BCUT2D eigenvalue weighted by Crippen LogP contribution is 2.27. The molecular weight excluding hydrogens is 290 g/mol. The van der Waals surface area contributed by atoms with E-state index in [9.17, 15) is 13.6 Å². The Morgan fingerprint density at radius 2 is 2.05 bits per heavy atom. The van der Waals surface area contributed by atoms with Crippen molar-refractivity contribution in [2.24, 2.45) is 4.99 Å². The third-order valence-corrected chi connectivity index (χ3v) is 3.73. The molecule has 3 rings (SSSR count). The van der Waals surface area contributed by atoms with Gasteiger partial charge < -0.3 is 4.74 Å². The Morgan fingerprint density at radius 1 is 1.23 bits per heavy atom. The summed E-state index contributed by atoms with van der Waals surface area (Å²) < 4.78 is 29.3. The van der Waals surface area contributed by atoms with E-state index in [1.54, 1.807) is 23.1 Å². The molecule has 0 aliphatic carbocycles. The molecule has 0 unspecified atom stereocenters. The van der Waals surface area contributed by atoms with E-state index in [2.05, 4.69) is 9.73 Å².